The van der Waals surface area contributed by atoms with Gasteiger partial charge >= 0.3 is 0 Å². The van der Waals surface area contributed by atoms with Gasteiger partial charge in [0.2, 0.25) is 0 Å². The minimum Gasteiger partial charge on any atom is -0.480 e. The zero-order chi connectivity index (χ0) is 13.7. The zero-order valence-electron chi connectivity index (χ0n) is 11.1. The van der Waals surface area contributed by atoms with E-state index in [1.54, 1.807) is 0 Å². The first kappa shape index (κ1) is 13.6. The molecule has 0 saturated heterocycles. The predicted octanol–water partition coefficient (Wildman–Crippen LogP) is 1.70. The van der Waals surface area contributed by atoms with Crippen molar-refractivity contribution in [3.63, 3.8) is 0 Å². The number of hydrogen-bond donors (Lipinski definition) is 1. The summed E-state index contributed by atoms with van der Waals surface area (Å²) < 4.78 is 10.9. The average Bonchev–Trinajstić information content (AvgIpc) is 2.81. The highest BCUT2D eigenvalue weighted by molar-refractivity contribution is 5.82. The molecule has 0 fully saturated rings. The molecule has 0 aromatic heterocycles. The minimum atomic E-state index is -0.418. The van der Waals surface area contributed by atoms with Gasteiger partial charge in [0.15, 0.2) is 6.10 Å². The van der Waals surface area contributed by atoms with Crippen LogP contribution in [0, 0.1) is 0 Å². The Morgan fingerprint density at radius 3 is 3.05 bits per heavy atom. The average molecular weight is 261 g/mol. The Hall–Kier alpha value is -1.81. The lowest BCUT2D eigenvalue weighted by atomic mass is 10.1. The maximum absolute atomic E-state index is 11.9. The molecule has 2 rings (SSSR count). The Morgan fingerprint density at radius 1 is 1.53 bits per heavy atom. The molecule has 0 radical (unpaired) electrons. The number of amides is 1. The smallest absolute Gasteiger partial charge is 0.261 e. The van der Waals surface area contributed by atoms with E-state index in [-0.39, 0.29) is 5.91 Å². The Balaban J connectivity index is 1.70. The Kier molecular flexibility index (Phi) is 4.58. The maximum atomic E-state index is 11.9. The second-order valence-electron chi connectivity index (χ2n) is 4.72. The lowest BCUT2D eigenvalue weighted by Crippen LogP contribution is -2.39. The molecule has 1 amide bonds. The van der Waals surface area contributed by atoms with Crippen LogP contribution in [0.5, 0.6) is 5.75 Å². The molecule has 1 aliphatic rings. The number of hydrogen-bond acceptors (Lipinski definition) is 3. The zero-order valence-corrected chi connectivity index (χ0v) is 11.1. The van der Waals surface area contributed by atoms with Gasteiger partial charge in [0.05, 0.1) is 13.2 Å². The number of rotatable bonds is 6. The van der Waals surface area contributed by atoms with Crippen molar-refractivity contribution < 1.29 is 14.3 Å². The Bertz CT molecular complexity index is 445. The fourth-order valence-corrected chi connectivity index (χ4v) is 1.93. The molecule has 1 unspecified atom stereocenters. The van der Waals surface area contributed by atoms with E-state index in [0.29, 0.717) is 26.2 Å². The first-order valence-corrected chi connectivity index (χ1v) is 6.41. The minimum absolute atomic E-state index is 0.0878. The van der Waals surface area contributed by atoms with E-state index >= 15 is 0 Å². The SMILES string of the molecule is C=C(C)COCCNC(=O)C1Cc2ccccc2O1. The van der Waals surface area contributed by atoms with E-state index in [9.17, 15) is 4.79 Å². The summed E-state index contributed by atoms with van der Waals surface area (Å²) in [6, 6.07) is 7.73. The highest BCUT2D eigenvalue weighted by Gasteiger charge is 2.28. The molecular weight excluding hydrogens is 242 g/mol. The Morgan fingerprint density at radius 2 is 2.32 bits per heavy atom. The van der Waals surface area contributed by atoms with Crippen molar-refractivity contribution in [1.82, 2.24) is 5.32 Å². The molecule has 0 aliphatic carbocycles. The van der Waals surface area contributed by atoms with Crippen LogP contribution < -0.4 is 10.1 Å². The molecule has 1 aromatic rings. The lowest BCUT2D eigenvalue weighted by Gasteiger charge is -2.11. The van der Waals surface area contributed by atoms with Gasteiger partial charge < -0.3 is 14.8 Å². The highest BCUT2D eigenvalue weighted by Crippen LogP contribution is 2.27. The lowest BCUT2D eigenvalue weighted by molar-refractivity contribution is -0.127. The summed E-state index contributed by atoms with van der Waals surface area (Å²) in [5.41, 5.74) is 2.06. The summed E-state index contributed by atoms with van der Waals surface area (Å²) in [6.07, 6.45) is 0.216. The molecular formula is C15H19NO3. The molecule has 102 valence electrons. The maximum Gasteiger partial charge on any atom is 0.261 e. The number of ether oxygens (including phenoxy) is 2. The fourth-order valence-electron chi connectivity index (χ4n) is 1.93. The summed E-state index contributed by atoms with van der Waals surface area (Å²) in [5.74, 6) is 0.719. The van der Waals surface area contributed by atoms with Crippen molar-refractivity contribution in [2.75, 3.05) is 19.8 Å². The molecule has 0 spiro atoms. The summed E-state index contributed by atoms with van der Waals surface area (Å²) in [4.78, 5) is 11.9. The van der Waals surface area contributed by atoms with E-state index < -0.39 is 6.10 Å². The third-order valence-corrected chi connectivity index (χ3v) is 2.83. The van der Waals surface area contributed by atoms with Gasteiger partial charge in [-0.05, 0) is 18.6 Å². The predicted molar refractivity (Wildman–Crippen MR) is 73.2 cm³/mol. The molecule has 19 heavy (non-hydrogen) atoms. The quantitative estimate of drug-likeness (QED) is 0.626. The van der Waals surface area contributed by atoms with Gasteiger partial charge in [-0.25, -0.2) is 0 Å². The largest absolute Gasteiger partial charge is 0.480 e. The third kappa shape index (κ3) is 3.83. The van der Waals surface area contributed by atoms with E-state index in [0.717, 1.165) is 16.9 Å². The number of carbonyl (C=O) groups is 1. The van der Waals surface area contributed by atoms with Gasteiger partial charge in [-0.2, -0.15) is 0 Å². The third-order valence-electron chi connectivity index (χ3n) is 2.83. The van der Waals surface area contributed by atoms with Gasteiger partial charge in [-0.1, -0.05) is 30.4 Å². The molecule has 1 aromatic carbocycles. The number of nitrogens with one attached hydrogen (secondary N) is 1. The van der Waals surface area contributed by atoms with Crippen molar-refractivity contribution in [3.8, 4) is 5.75 Å². The van der Waals surface area contributed by atoms with Crippen LogP contribution in [0.3, 0.4) is 0 Å². The normalized spacial score (nSPS) is 16.6. The number of carbonyl (C=O) groups excluding carboxylic acids is 1. The summed E-state index contributed by atoms with van der Waals surface area (Å²) >= 11 is 0. The van der Waals surface area contributed by atoms with Crippen LogP contribution in [0.15, 0.2) is 36.4 Å². The molecule has 0 saturated carbocycles. The van der Waals surface area contributed by atoms with Crippen molar-refractivity contribution in [2.24, 2.45) is 0 Å². The summed E-state index contributed by atoms with van der Waals surface area (Å²) in [5, 5.41) is 2.81. The topological polar surface area (TPSA) is 47.6 Å². The van der Waals surface area contributed by atoms with Gasteiger partial charge in [0, 0.05) is 13.0 Å². The molecule has 1 atom stereocenters. The standard InChI is InChI=1S/C15H19NO3/c1-11(2)10-18-8-7-16-15(17)14-9-12-5-3-4-6-13(12)19-14/h3-6,14H,1,7-10H2,2H3,(H,16,17). The van der Waals surface area contributed by atoms with Crippen molar-refractivity contribution >= 4 is 5.91 Å². The van der Waals surface area contributed by atoms with Gasteiger partial charge in [0.1, 0.15) is 5.75 Å². The van der Waals surface area contributed by atoms with Crippen LogP contribution in [0.1, 0.15) is 12.5 Å². The van der Waals surface area contributed by atoms with Gasteiger partial charge in [0.25, 0.3) is 5.91 Å². The van der Waals surface area contributed by atoms with Crippen LogP contribution in [0.4, 0.5) is 0 Å². The van der Waals surface area contributed by atoms with E-state index in [1.807, 2.05) is 31.2 Å². The molecule has 4 nitrogen and oxygen atoms in total. The van der Waals surface area contributed by atoms with Crippen LogP contribution >= 0.6 is 0 Å². The van der Waals surface area contributed by atoms with Gasteiger partial charge in [-0.3, -0.25) is 4.79 Å². The molecule has 4 heteroatoms. The second kappa shape index (κ2) is 6.38. The van der Waals surface area contributed by atoms with E-state index in [1.165, 1.54) is 0 Å². The molecule has 1 heterocycles. The number of benzene rings is 1. The molecule has 1 aliphatic heterocycles. The van der Waals surface area contributed by atoms with Crippen LogP contribution in [-0.4, -0.2) is 31.8 Å². The van der Waals surface area contributed by atoms with E-state index in [4.69, 9.17) is 9.47 Å². The van der Waals surface area contributed by atoms with Crippen LogP contribution in [0.25, 0.3) is 0 Å². The van der Waals surface area contributed by atoms with E-state index in [2.05, 4.69) is 11.9 Å². The van der Waals surface area contributed by atoms with Crippen molar-refractivity contribution in [1.29, 1.82) is 0 Å². The fraction of sp³-hybridized carbons (Fsp3) is 0.400. The number of fused-ring (bicyclic) bond motifs is 1. The van der Waals surface area contributed by atoms with Crippen molar-refractivity contribution in [3.05, 3.63) is 42.0 Å². The molecule has 1 N–H and O–H groups in total. The van der Waals surface area contributed by atoms with Crippen LogP contribution in [0.2, 0.25) is 0 Å². The van der Waals surface area contributed by atoms with Gasteiger partial charge in [-0.15, -0.1) is 0 Å². The number of para-hydroxylation sites is 1. The Labute approximate surface area is 113 Å². The highest BCUT2D eigenvalue weighted by atomic mass is 16.5. The van der Waals surface area contributed by atoms with Crippen molar-refractivity contribution in [2.45, 2.75) is 19.4 Å². The molecule has 0 bridgehead atoms. The monoisotopic (exact) mass is 261 g/mol. The first-order chi connectivity index (χ1) is 9.16. The van der Waals surface area contributed by atoms with Crippen LogP contribution in [-0.2, 0) is 16.0 Å². The summed E-state index contributed by atoms with van der Waals surface area (Å²) in [7, 11) is 0. The summed E-state index contributed by atoms with van der Waals surface area (Å²) in [6.45, 7) is 7.15. The first-order valence-electron chi connectivity index (χ1n) is 6.41. The second-order valence-corrected chi connectivity index (χ2v) is 4.72.